The summed E-state index contributed by atoms with van der Waals surface area (Å²) < 4.78 is 0. The zero-order valence-corrected chi connectivity index (χ0v) is 7.66. The van der Waals surface area contributed by atoms with Crippen LogP contribution in [0.3, 0.4) is 0 Å². The van der Waals surface area contributed by atoms with Gasteiger partial charge in [0.05, 0.1) is 11.5 Å². The molecule has 3 nitrogen and oxygen atoms in total. The summed E-state index contributed by atoms with van der Waals surface area (Å²) in [6.07, 6.45) is 0.681. The molecular weight excluding hydrogens is 176 g/mol. The maximum absolute atomic E-state index is 10.9. The summed E-state index contributed by atoms with van der Waals surface area (Å²) in [5, 5.41) is 9.04. The quantitative estimate of drug-likeness (QED) is 0.674. The lowest BCUT2D eigenvalue weighted by Gasteiger charge is -2.34. The number of anilines is 1. The number of rotatable bonds is 1. The molecule has 0 bridgehead atoms. The number of nitrogens with two attached hydrogens (primary N) is 1. The van der Waals surface area contributed by atoms with Crippen LogP contribution in [-0.4, -0.2) is 5.78 Å². The van der Waals surface area contributed by atoms with E-state index >= 15 is 0 Å². The lowest BCUT2D eigenvalue weighted by atomic mass is 9.65. The number of Topliss-reactive ketones (excluding diaryl/α,β-unsaturated/α-hetero) is 1. The van der Waals surface area contributed by atoms with E-state index in [1.165, 1.54) is 0 Å². The first-order valence-corrected chi connectivity index (χ1v) is 4.45. The number of carbonyl (C=O) groups excluding carboxylic acids is 1. The Morgan fingerprint density at radius 3 is 2.29 bits per heavy atom. The number of ketones is 1. The summed E-state index contributed by atoms with van der Waals surface area (Å²) >= 11 is 0. The molecule has 1 aromatic rings. The number of nitrogens with zero attached hydrogens (tertiary/aromatic N) is 1. The fourth-order valence-corrected chi connectivity index (χ4v) is 1.77. The van der Waals surface area contributed by atoms with Gasteiger partial charge in [-0.2, -0.15) is 5.26 Å². The summed E-state index contributed by atoms with van der Waals surface area (Å²) in [5.41, 5.74) is 6.54. The molecule has 0 spiro atoms. The van der Waals surface area contributed by atoms with Crippen molar-refractivity contribution < 1.29 is 4.79 Å². The van der Waals surface area contributed by atoms with Gasteiger partial charge in [-0.3, -0.25) is 4.79 Å². The number of nitriles is 1. The summed E-state index contributed by atoms with van der Waals surface area (Å²) in [4.78, 5) is 10.9. The fraction of sp³-hybridized carbons (Fsp3) is 0.273. The van der Waals surface area contributed by atoms with Crippen LogP contribution in [0.2, 0.25) is 0 Å². The van der Waals surface area contributed by atoms with Crippen molar-refractivity contribution in [2.75, 3.05) is 5.73 Å². The van der Waals surface area contributed by atoms with Gasteiger partial charge in [-0.1, -0.05) is 12.1 Å². The Hall–Kier alpha value is -1.82. The molecule has 0 aliphatic heterocycles. The molecule has 1 saturated carbocycles. The van der Waals surface area contributed by atoms with E-state index in [1.54, 1.807) is 12.1 Å². The van der Waals surface area contributed by atoms with Crippen molar-refractivity contribution in [3.63, 3.8) is 0 Å². The predicted octanol–water partition coefficient (Wildman–Crippen LogP) is 1.39. The highest BCUT2D eigenvalue weighted by Gasteiger charge is 2.45. The molecule has 0 aromatic heterocycles. The van der Waals surface area contributed by atoms with E-state index in [0.717, 1.165) is 5.56 Å². The van der Waals surface area contributed by atoms with E-state index in [2.05, 4.69) is 6.07 Å². The topological polar surface area (TPSA) is 66.9 Å². The zero-order chi connectivity index (χ0) is 10.2. The summed E-state index contributed by atoms with van der Waals surface area (Å²) in [6.45, 7) is 0. The van der Waals surface area contributed by atoms with Crippen LogP contribution in [0, 0.1) is 11.3 Å². The highest BCUT2D eigenvalue weighted by molar-refractivity contribution is 5.90. The molecule has 2 N–H and O–H groups in total. The molecule has 0 amide bonds. The van der Waals surface area contributed by atoms with Crippen LogP contribution in [0.15, 0.2) is 24.3 Å². The first-order valence-electron chi connectivity index (χ1n) is 4.45. The SMILES string of the molecule is N#CC1(c2ccc(N)cc2)CC(=O)C1. The van der Waals surface area contributed by atoms with Gasteiger partial charge in [0, 0.05) is 18.5 Å². The van der Waals surface area contributed by atoms with Gasteiger partial charge in [0.15, 0.2) is 0 Å². The molecule has 2 rings (SSSR count). The van der Waals surface area contributed by atoms with E-state index in [1.807, 2.05) is 12.1 Å². The van der Waals surface area contributed by atoms with Gasteiger partial charge >= 0.3 is 0 Å². The van der Waals surface area contributed by atoms with Crippen LogP contribution in [0.25, 0.3) is 0 Å². The van der Waals surface area contributed by atoms with E-state index in [9.17, 15) is 4.79 Å². The highest BCUT2D eigenvalue weighted by atomic mass is 16.1. The van der Waals surface area contributed by atoms with Crippen molar-refractivity contribution in [1.82, 2.24) is 0 Å². The standard InChI is InChI=1S/C11H10N2O/c12-7-11(5-10(14)6-11)8-1-3-9(13)4-2-8/h1-4H,5-6,13H2. The van der Waals surface area contributed by atoms with Crippen molar-refractivity contribution in [2.45, 2.75) is 18.3 Å². The third-order valence-corrected chi connectivity index (χ3v) is 2.68. The maximum Gasteiger partial charge on any atom is 0.136 e. The Morgan fingerprint density at radius 2 is 1.86 bits per heavy atom. The minimum absolute atomic E-state index is 0.156. The van der Waals surface area contributed by atoms with E-state index in [-0.39, 0.29) is 5.78 Å². The molecule has 0 saturated heterocycles. The number of hydrogen-bond donors (Lipinski definition) is 1. The molecule has 0 unspecified atom stereocenters. The molecule has 0 radical (unpaired) electrons. The van der Waals surface area contributed by atoms with Crippen molar-refractivity contribution in [1.29, 1.82) is 5.26 Å². The first kappa shape index (κ1) is 8.76. The average molecular weight is 186 g/mol. The van der Waals surface area contributed by atoms with Gasteiger partial charge in [-0.25, -0.2) is 0 Å². The molecule has 0 atom stereocenters. The Balaban J connectivity index is 2.35. The molecule has 1 aliphatic carbocycles. The molecular formula is C11H10N2O. The zero-order valence-electron chi connectivity index (χ0n) is 7.66. The number of benzene rings is 1. The van der Waals surface area contributed by atoms with Gasteiger partial charge in [0.1, 0.15) is 5.78 Å². The van der Waals surface area contributed by atoms with Gasteiger partial charge in [-0.05, 0) is 17.7 Å². The van der Waals surface area contributed by atoms with Crippen LogP contribution in [-0.2, 0) is 10.2 Å². The van der Waals surface area contributed by atoms with Crippen LogP contribution < -0.4 is 5.73 Å². The molecule has 3 heteroatoms. The molecule has 1 aromatic carbocycles. The van der Waals surface area contributed by atoms with Crippen molar-refractivity contribution in [2.24, 2.45) is 0 Å². The van der Waals surface area contributed by atoms with E-state index in [4.69, 9.17) is 11.0 Å². The highest BCUT2D eigenvalue weighted by Crippen LogP contribution is 2.40. The van der Waals surface area contributed by atoms with Crippen LogP contribution >= 0.6 is 0 Å². The molecule has 14 heavy (non-hydrogen) atoms. The Kier molecular flexibility index (Phi) is 1.78. The van der Waals surface area contributed by atoms with Gasteiger partial charge in [0.25, 0.3) is 0 Å². The summed E-state index contributed by atoms with van der Waals surface area (Å²) in [6, 6.07) is 9.39. The minimum atomic E-state index is -0.579. The summed E-state index contributed by atoms with van der Waals surface area (Å²) in [5.74, 6) is 0.156. The smallest absolute Gasteiger partial charge is 0.136 e. The average Bonchev–Trinajstić information content (AvgIpc) is 2.14. The van der Waals surface area contributed by atoms with Crippen LogP contribution in [0.4, 0.5) is 5.69 Å². The normalized spacial score (nSPS) is 18.4. The minimum Gasteiger partial charge on any atom is -0.399 e. The Labute approximate surface area is 82.1 Å². The van der Waals surface area contributed by atoms with Gasteiger partial charge in [-0.15, -0.1) is 0 Å². The third-order valence-electron chi connectivity index (χ3n) is 2.68. The summed E-state index contributed by atoms with van der Waals surface area (Å²) in [7, 11) is 0. The van der Waals surface area contributed by atoms with Crippen LogP contribution in [0.1, 0.15) is 18.4 Å². The molecule has 0 heterocycles. The second kappa shape index (κ2) is 2.85. The largest absolute Gasteiger partial charge is 0.399 e. The third kappa shape index (κ3) is 1.16. The second-order valence-corrected chi connectivity index (χ2v) is 3.71. The predicted molar refractivity (Wildman–Crippen MR) is 52.4 cm³/mol. The van der Waals surface area contributed by atoms with E-state index in [0.29, 0.717) is 18.5 Å². The Bertz CT molecular complexity index is 406. The van der Waals surface area contributed by atoms with Gasteiger partial charge in [0.2, 0.25) is 0 Å². The van der Waals surface area contributed by atoms with Crippen molar-refractivity contribution in [3.8, 4) is 6.07 Å². The maximum atomic E-state index is 10.9. The van der Waals surface area contributed by atoms with Crippen LogP contribution in [0.5, 0.6) is 0 Å². The second-order valence-electron chi connectivity index (χ2n) is 3.71. The monoisotopic (exact) mass is 186 g/mol. The van der Waals surface area contributed by atoms with Crippen molar-refractivity contribution in [3.05, 3.63) is 29.8 Å². The lowest BCUT2D eigenvalue weighted by molar-refractivity contribution is -0.126. The van der Waals surface area contributed by atoms with Crippen molar-refractivity contribution >= 4 is 11.5 Å². The molecule has 70 valence electrons. The number of hydrogen-bond acceptors (Lipinski definition) is 3. The number of carbonyl (C=O) groups is 1. The molecule has 1 fully saturated rings. The van der Waals surface area contributed by atoms with Gasteiger partial charge < -0.3 is 5.73 Å². The first-order chi connectivity index (χ1) is 6.66. The molecule has 1 aliphatic rings. The number of nitrogen functional groups attached to an aromatic ring is 1. The van der Waals surface area contributed by atoms with E-state index < -0.39 is 5.41 Å². The fourth-order valence-electron chi connectivity index (χ4n) is 1.77. The lowest BCUT2D eigenvalue weighted by Crippen LogP contribution is -2.40. The Morgan fingerprint density at radius 1 is 1.29 bits per heavy atom.